The van der Waals surface area contributed by atoms with Crippen molar-refractivity contribution < 1.29 is 48.0 Å². The molecule has 0 aromatic heterocycles. The van der Waals surface area contributed by atoms with Crippen LogP contribution in [0.25, 0.3) is 0 Å². The second-order valence-electron chi connectivity index (χ2n) is 4.84. The zero-order valence-electron chi connectivity index (χ0n) is 13.6. The summed E-state index contributed by atoms with van der Waals surface area (Å²) in [7, 11) is 0. The topological polar surface area (TPSA) is 158 Å². The van der Waals surface area contributed by atoms with Gasteiger partial charge in [0.2, 0.25) is 17.7 Å². The van der Waals surface area contributed by atoms with Gasteiger partial charge in [-0.15, -0.1) is 0 Å². The van der Waals surface area contributed by atoms with E-state index in [2.05, 4.69) is 15.5 Å². The van der Waals surface area contributed by atoms with Gasteiger partial charge in [-0.3, -0.25) is 0 Å². The van der Waals surface area contributed by atoms with Gasteiger partial charge in [0, 0.05) is 34.8 Å². The average Bonchev–Trinajstić information content (AvgIpc) is 2.45. The third-order valence-corrected chi connectivity index (χ3v) is 1.86. The fourth-order valence-corrected chi connectivity index (χ4v) is 0.346. The zero-order valence-corrected chi connectivity index (χ0v) is 14.7. The van der Waals surface area contributed by atoms with Crippen molar-refractivity contribution in [2.24, 2.45) is 33.2 Å². The van der Waals surface area contributed by atoms with Gasteiger partial charge in [0.1, 0.15) is 0 Å². The molecule has 0 aromatic rings. The molecule has 0 rings (SSSR count). The third-order valence-electron chi connectivity index (χ3n) is 1.86. The summed E-state index contributed by atoms with van der Waals surface area (Å²) < 4.78 is 0. The van der Waals surface area contributed by atoms with Gasteiger partial charge in [0.25, 0.3) is 0 Å². The third kappa shape index (κ3) is 20.6. The molecule has 134 valence electrons. The van der Waals surface area contributed by atoms with Crippen LogP contribution in [-0.2, 0) is 17.1 Å². The molecule has 0 radical (unpaired) electrons. The van der Waals surface area contributed by atoms with E-state index in [1.54, 1.807) is 41.5 Å². The Hall–Kier alpha value is -1.67. The Bertz CT molecular complexity index is 291. The second kappa shape index (κ2) is 17.4. The Morgan fingerprint density at radius 3 is 0.682 bits per heavy atom. The number of hydrogen-bond acceptors (Lipinski definition) is 6. The van der Waals surface area contributed by atoms with Gasteiger partial charge in [-0.2, -0.15) is 0 Å². The molecule has 0 saturated heterocycles. The molecule has 0 atom stereocenters. The Morgan fingerprint density at radius 1 is 0.545 bits per heavy atom. The summed E-state index contributed by atoms with van der Waals surface area (Å²) in [6.07, 6.45) is 0. The van der Waals surface area contributed by atoms with Crippen LogP contribution in [0.4, 0.5) is 0 Å². The first kappa shape index (κ1) is 28.5. The number of rotatable bonds is 3. The summed E-state index contributed by atoms with van der Waals surface area (Å²) in [5.74, 6) is -0.903. The van der Waals surface area contributed by atoms with E-state index in [9.17, 15) is 0 Å². The van der Waals surface area contributed by atoms with E-state index >= 15 is 0 Å². The number of aliphatic hydroxyl groups is 3. The summed E-state index contributed by atoms with van der Waals surface area (Å²) >= 11 is 0. The van der Waals surface area contributed by atoms with Crippen LogP contribution in [0.5, 0.6) is 0 Å². The van der Waals surface area contributed by atoms with Gasteiger partial charge in [-0.1, -0.05) is 57.0 Å². The Labute approximate surface area is 141 Å². The van der Waals surface area contributed by atoms with Gasteiger partial charge >= 0.3 is 0 Å². The molecule has 0 bridgehead atoms. The molecule has 0 spiro atoms. The van der Waals surface area contributed by atoms with Gasteiger partial charge in [0.15, 0.2) is 0 Å². The molecule has 0 aliphatic rings. The maximum Gasteiger partial charge on any atom is 0.225 e. The molecule has 0 aromatic carbocycles. The molecule has 0 unspecified atom stereocenters. The predicted molar refractivity (Wildman–Crippen MR) is 80.1 cm³/mol. The van der Waals surface area contributed by atoms with Crippen molar-refractivity contribution in [1.29, 1.82) is 0 Å². The largest absolute Gasteiger partial charge is 0.494 e. The van der Waals surface area contributed by atoms with Gasteiger partial charge in [-0.25, -0.2) is 0 Å². The monoisotopic (exact) mass is 365 g/mol. The standard InChI is InChI=1S/3C4H9NO2.Fe/c3*1-3(2)4(6)5-7;/h3*3,7H,1-2H3,(H,5,6);. The van der Waals surface area contributed by atoms with Crippen molar-refractivity contribution in [1.82, 2.24) is 0 Å². The van der Waals surface area contributed by atoms with E-state index in [1.807, 2.05) is 0 Å². The van der Waals surface area contributed by atoms with Crippen LogP contribution >= 0.6 is 0 Å². The molecule has 0 aliphatic carbocycles. The van der Waals surface area contributed by atoms with Crippen molar-refractivity contribution in [2.75, 3.05) is 0 Å². The number of oxime groups is 3. The minimum Gasteiger partial charge on any atom is -0.494 e. The normalized spacial score (nSPS) is 12.1. The molecule has 6 N–H and O–H groups in total. The predicted octanol–water partition coefficient (Wildman–Crippen LogP) is 2.96. The van der Waals surface area contributed by atoms with E-state index in [1.165, 1.54) is 0 Å². The van der Waals surface area contributed by atoms with Crippen LogP contribution in [0.3, 0.4) is 0 Å². The maximum atomic E-state index is 8.44. The fraction of sp³-hybridized carbons (Fsp3) is 0.750. The minimum atomic E-state index is -0.222. The Balaban J connectivity index is -0.000000108. The van der Waals surface area contributed by atoms with E-state index in [-0.39, 0.29) is 52.5 Å². The molecule has 0 aliphatic heterocycles. The van der Waals surface area contributed by atoms with Crippen molar-refractivity contribution in [3.05, 3.63) is 0 Å². The van der Waals surface area contributed by atoms with Gasteiger partial charge in [-0.05, 0) is 0 Å². The molecule has 0 saturated carbocycles. The van der Waals surface area contributed by atoms with Crippen LogP contribution < -0.4 is 0 Å². The van der Waals surface area contributed by atoms with Crippen LogP contribution in [0.2, 0.25) is 0 Å². The molecule has 0 fully saturated rings. The van der Waals surface area contributed by atoms with Gasteiger partial charge in [0.05, 0.1) is 0 Å². The second-order valence-corrected chi connectivity index (χ2v) is 4.84. The van der Waals surface area contributed by atoms with Crippen LogP contribution in [0.1, 0.15) is 41.5 Å². The van der Waals surface area contributed by atoms with E-state index in [4.69, 9.17) is 30.9 Å². The van der Waals surface area contributed by atoms with Crippen LogP contribution in [0.15, 0.2) is 15.5 Å². The Morgan fingerprint density at radius 2 is 0.682 bits per heavy atom. The number of aliphatic hydroxyl groups excluding tert-OH is 3. The van der Waals surface area contributed by atoms with E-state index in [0.717, 1.165) is 0 Å². The molecular formula is C12H27FeN3O6. The average molecular weight is 365 g/mol. The van der Waals surface area contributed by atoms with E-state index in [0.29, 0.717) is 0 Å². The fourth-order valence-electron chi connectivity index (χ4n) is 0.346. The summed E-state index contributed by atoms with van der Waals surface area (Å²) in [5.41, 5.74) is 0. The van der Waals surface area contributed by atoms with Crippen LogP contribution in [-0.4, -0.2) is 48.6 Å². The summed E-state index contributed by atoms with van der Waals surface area (Å²) in [4.78, 5) is 0. The number of hydrogen-bond donors (Lipinski definition) is 6. The smallest absolute Gasteiger partial charge is 0.225 e. The van der Waals surface area contributed by atoms with Crippen molar-refractivity contribution in [2.45, 2.75) is 41.5 Å². The summed E-state index contributed by atoms with van der Waals surface area (Å²) in [5, 5.41) is 56.5. The molecule has 0 amide bonds. The molecule has 0 heterocycles. The van der Waals surface area contributed by atoms with Crippen molar-refractivity contribution in [3.8, 4) is 0 Å². The molecule has 10 heteroatoms. The first-order chi connectivity index (χ1) is 9.54. The Kier molecular flexibility index (Phi) is 22.5. The minimum absolute atomic E-state index is 0. The summed E-state index contributed by atoms with van der Waals surface area (Å²) in [6.45, 7) is 10.4. The summed E-state index contributed by atoms with van der Waals surface area (Å²) in [6, 6.07) is 0. The van der Waals surface area contributed by atoms with Gasteiger partial charge < -0.3 is 30.9 Å². The molecule has 9 nitrogen and oxygen atoms in total. The van der Waals surface area contributed by atoms with E-state index < -0.39 is 0 Å². The van der Waals surface area contributed by atoms with Crippen molar-refractivity contribution in [3.63, 3.8) is 0 Å². The van der Waals surface area contributed by atoms with Crippen LogP contribution in [0, 0.1) is 17.8 Å². The maximum absolute atomic E-state index is 8.44. The number of nitrogens with zero attached hydrogens (tertiary/aromatic N) is 3. The first-order valence-corrected chi connectivity index (χ1v) is 6.27. The quantitative estimate of drug-likeness (QED) is 0.148. The molecule has 22 heavy (non-hydrogen) atoms. The SMILES string of the molecule is CC(C)/C(O)=N/O.CC(C)/C(O)=N/O.CC(C)/C(O)=N/O.[Fe]. The van der Waals surface area contributed by atoms with Crippen molar-refractivity contribution >= 4 is 17.7 Å². The first-order valence-electron chi connectivity index (χ1n) is 6.27. The molecular weight excluding hydrogens is 338 g/mol. The zero-order chi connectivity index (χ0) is 17.6.